The summed E-state index contributed by atoms with van der Waals surface area (Å²) in [7, 11) is 0. The second-order valence-corrected chi connectivity index (χ2v) is 22.6. The van der Waals surface area contributed by atoms with Crippen LogP contribution in [0.1, 0.15) is 49.9 Å². The molecule has 0 bridgehead atoms. The van der Waals surface area contributed by atoms with E-state index in [1.165, 1.54) is 66.1 Å². The Kier molecular flexibility index (Phi) is 9.93. The number of benzene rings is 8. The van der Waals surface area contributed by atoms with Gasteiger partial charge in [-0.05, 0) is 152 Å². The monoisotopic (exact) mass is 1020 g/mol. The lowest BCUT2D eigenvalue weighted by Gasteiger charge is -2.22. The van der Waals surface area contributed by atoms with Crippen molar-refractivity contribution in [1.82, 2.24) is 29.1 Å². The normalized spacial score (nSPS) is 13.7. The van der Waals surface area contributed by atoms with Crippen molar-refractivity contribution >= 4 is 43.6 Å². The highest BCUT2D eigenvalue weighted by Crippen LogP contribution is 2.51. The average molecular weight is 1030 g/mol. The Hall–Kier alpha value is -10.0. The highest BCUT2D eigenvalue weighted by Gasteiger charge is 2.37. The number of hydrogen-bond acceptors (Lipinski definition) is 4. The van der Waals surface area contributed by atoms with Crippen molar-refractivity contribution in [2.75, 3.05) is 0 Å². The van der Waals surface area contributed by atoms with E-state index in [0.29, 0.717) is 0 Å². The maximum atomic E-state index is 5.53. The quantitative estimate of drug-likeness (QED) is 0.160. The first kappa shape index (κ1) is 46.1. The molecule has 6 nitrogen and oxygen atoms in total. The van der Waals surface area contributed by atoms with E-state index in [-0.39, 0.29) is 10.8 Å². The molecule has 80 heavy (non-hydrogen) atoms. The number of para-hydroxylation sites is 4. The van der Waals surface area contributed by atoms with Crippen LogP contribution in [-0.4, -0.2) is 29.1 Å². The Morgan fingerprint density at radius 1 is 0.250 bits per heavy atom. The summed E-state index contributed by atoms with van der Waals surface area (Å²) in [6, 6.07) is 87.3. The van der Waals surface area contributed by atoms with E-state index in [9.17, 15) is 0 Å². The Bertz CT molecular complexity index is 4810. The van der Waals surface area contributed by atoms with Gasteiger partial charge in [0, 0.05) is 32.4 Å². The highest BCUT2D eigenvalue weighted by molar-refractivity contribution is 6.10. The molecule has 2 aliphatic rings. The SMILES string of the molecule is CC1(C)c2ccccc2-c2cc(-c3cc(-c4cccc(-c5cccc(-c6cc(-c7ccc8c(c7)C(C)(C)c7ccccc7-8)cc(-n7c8ccccc8c8ccccc87)n6)n5)n4)nc(-n4c5ccccc5c5ccccc54)c3)ccc21. The first-order chi connectivity index (χ1) is 39.2. The van der Waals surface area contributed by atoms with Crippen molar-refractivity contribution in [3.63, 3.8) is 0 Å². The predicted molar refractivity (Wildman–Crippen MR) is 329 cm³/mol. The van der Waals surface area contributed by atoms with Crippen molar-refractivity contribution in [1.29, 1.82) is 0 Å². The molecule has 0 fully saturated rings. The summed E-state index contributed by atoms with van der Waals surface area (Å²) < 4.78 is 4.60. The molecule has 6 heterocycles. The molecule has 0 saturated heterocycles. The minimum absolute atomic E-state index is 0.0989. The Morgan fingerprint density at radius 3 is 1.10 bits per heavy atom. The van der Waals surface area contributed by atoms with E-state index in [4.69, 9.17) is 19.9 Å². The fourth-order valence-corrected chi connectivity index (χ4v) is 13.4. The van der Waals surface area contributed by atoms with Gasteiger partial charge in [-0.15, -0.1) is 0 Å². The van der Waals surface area contributed by atoms with E-state index < -0.39 is 0 Å². The zero-order valence-corrected chi connectivity index (χ0v) is 44.8. The smallest absolute Gasteiger partial charge is 0.138 e. The molecule has 2 aliphatic carbocycles. The van der Waals surface area contributed by atoms with Crippen molar-refractivity contribution in [2.45, 2.75) is 38.5 Å². The zero-order chi connectivity index (χ0) is 53.4. The van der Waals surface area contributed by atoms with Crippen LogP contribution in [0.5, 0.6) is 0 Å². The number of fused-ring (bicyclic) bond motifs is 12. The second kappa shape index (κ2) is 17.2. The summed E-state index contributed by atoms with van der Waals surface area (Å²) in [4.78, 5) is 21.9. The van der Waals surface area contributed by atoms with E-state index in [1.807, 2.05) is 12.1 Å². The molecule has 0 saturated carbocycles. The molecule has 8 aromatic carbocycles. The van der Waals surface area contributed by atoms with Crippen LogP contribution in [0.4, 0.5) is 0 Å². The second-order valence-electron chi connectivity index (χ2n) is 22.6. The third-order valence-corrected chi connectivity index (χ3v) is 17.4. The minimum Gasteiger partial charge on any atom is -0.294 e. The minimum atomic E-state index is -0.153. The first-order valence-electron chi connectivity index (χ1n) is 27.6. The molecule has 0 N–H and O–H groups in total. The fourth-order valence-electron chi connectivity index (χ4n) is 13.4. The molecule has 0 atom stereocenters. The van der Waals surface area contributed by atoms with Crippen LogP contribution in [0, 0.1) is 0 Å². The average Bonchev–Trinajstić information content (AvgIpc) is 4.23. The molecule has 6 aromatic heterocycles. The third kappa shape index (κ3) is 6.91. The van der Waals surface area contributed by atoms with Gasteiger partial charge in [-0.2, -0.15) is 0 Å². The van der Waals surface area contributed by atoms with Gasteiger partial charge in [0.1, 0.15) is 11.6 Å². The number of aromatic nitrogens is 6. The lowest BCUT2D eigenvalue weighted by Crippen LogP contribution is -2.14. The van der Waals surface area contributed by atoms with Gasteiger partial charge in [-0.25, -0.2) is 19.9 Å². The number of pyridine rings is 4. The van der Waals surface area contributed by atoms with Crippen molar-refractivity contribution in [2.24, 2.45) is 0 Å². The maximum absolute atomic E-state index is 5.53. The van der Waals surface area contributed by atoms with E-state index in [1.54, 1.807) is 0 Å². The molecule has 378 valence electrons. The summed E-state index contributed by atoms with van der Waals surface area (Å²) in [6.07, 6.45) is 0. The summed E-state index contributed by atoms with van der Waals surface area (Å²) in [5.41, 5.74) is 23.6. The predicted octanol–water partition coefficient (Wildman–Crippen LogP) is 18.4. The van der Waals surface area contributed by atoms with Crippen LogP contribution in [0.3, 0.4) is 0 Å². The molecule has 0 aliphatic heterocycles. The molecule has 14 aromatic rings. The van der Waals surface area contributed by atoms with Crippen molar-refractivity contribution < 1.29 is 0 Å². The molecule has 0 spiro atoms. The van der Waals surface area contributed by atoms with Crippen LogP contribution in [0.25, 0.3) is 134 Å². The van der Waals surface area contributed by atoms with Gasteiger partial charge in [0.05, 0.1) is 56.2 Å². The Balaban J connectivity index is 0.848. The highest BCUT2D eigenvalue weighted by atomic mass is 15.1. The van der Waals surface area contributed by atoms with Gasteiger partial charge in [0.2, 0.25) is 0 Å². The van der Waals surface area contributed by atoms with Gasteiger partial charge >= 0.3 is 0 Å². The van der Waals surface area contributed by atoms with Gasteiger partial charge < -0.3 is 0 Å². The van der Waals surface area contributed by atoms with Crippen LogP contribution < -0.4 is 0 Å². The molecule has 6 heteroatoms. The standard InChI is InChI=1S/C74H52N6/c1-73(2)58-26-12-6-20-50(58)56-39-45(36-38-59(56)73)47-41-65(77-71(43-47)79-67-31-13-7-21-52(67)53-22-8-14-32-68(53)79)63-29-17-27-61(75-63)62-28-18-30-64(76-62)66-42-48(46-35-37-51-49-19-5-11-25-57(49)74(3,4)60(51)40-46)44-72(78-66)80-69-33-15-9-23-54(69)55-24-10-16-34-70(55)80/h5-44H,1-4H3. The zero-order valence-electron chi connectivity index (χ0n) is 44.8. The van der Waals surface area contributed by atoms with Gasteiger partial charge in [0.25, 0.3) is 0 Å². The first-order valence-corrected chi connectivity index (χ1v) is 27.6. The van der Waals surface area contributed by atoms with Crippen molar-refractivity contribution in [3.05, 3.63) is 265 Å². The van der Waals surface area contributed by atoms with Gasteiger partial charge in [-0.3, -0.25) is 9.13 Å². The van der Waals surface area contributed by atoms with Gasteiger partial charge in [-0.1, -0.05) is 185 Å². The molecule has 16 rings (SSSR count). The van der Waals surface area contributed by atoms with E-state index >= 15 is 0 Å². The molecule has 0 unspecified atom stereocenters. The van der Waals surface area contributed by atoms with Crippen LogP contribution in [0.15, 0.2) is 243 Å². The topological polar surface area (TPSA) is 61.4 Å². The largest absolute Gasteiger partial charge is 0.294 e. The lowest BCUT2D eigenvalue weighted by molar-refractivity contribution is 0.660. The Labute approximate surface area is 464 Å². The van der Waals surface area contributed by atoms with Crippen LogP contribution in [0.2, 0.25) is 0 Å². The lowest BCUT2D eigenvalue weighted by atomic mass is 9.81. The number of rotatable bonds is 7. The molecular weight excluding hydrogens is 973 g/mol. The maximum Gasteiger partial charge on any atom is 0.138 e. The van der Waals surface area contributed by atoms with Gasteiger partial charge in [0.15, 0.2) is 0 Å². The third-order valence-electron chi connectivity index (χ3n) is 17.4. The molecule has 0 amide bonds. The molecular formula is C74H52N6. The van der Waals surface area contributed by atoms with Crippen LogP contribution in [-0.2, 0) is 10.8 Å². The van der Waals surface area contributed by atoms with E-state index in [2.05, 4.69) is 267 Å². The van der Waals surface area contributed by atoms with Crippen molar-refractivity contribution in [3.8, 4) is 90.3 Å². The number of nitrogens with zero attached hydrogens (tertiary/aromatic N) is 6. The summed E-state index contributed by atoms with van der Waals surface area (Å²) in [5.74, 6) is 1.65. The fraction of sp³-hybridized carbons (Fsp3) is 0.0811. The Morgan fingerprint density at radius 2 is 0.613 bits per heavy atom. The summed E-state index contributed by atoms with van der Waals surface area (Å²) in [6.45, 7) is 9.34. The van der Waals surface area contributed by atoms with E-state index in [0.717, 1.165) is 90.1 Å². The molecule has 0 radical (unpaired) electrons. The summed E-state index contributed by atoms with van der Waals surface area (Å²) >= 11 is 0. The number of hydrogen-bond donors (Lipinski definition) is 0. The van der Waals surface area contributed by atoms with Crippen LogP contribution >= 0.6 is 0 Å². The summed E-state index contributed by atoms with van der Waals surface area (Å²) in [5, 5.41) is 4.74.